The summed E-state index contributed by atoms with van der Waals surface area (Å²) in [5.74, 6) is 0.449. The third-order valence-electron chi connectivity index (χ3n) is 1.84. The Labute approximate surface area is 71.5 Å². The summed E-state index contributed by atoms with van der Waals surface area (Å²) in [7, 11) is -4.33. The number of nitrogens with zero attached hydrogens (tertiary/aromatic N) is 1. The van der Waals surface area contributed by atoms with Crippen LogP contribution in [0, 0.1) is 5.92 Å². The van der Waals surface area contributed by atoms with Crippen LogP contribution < -0.4 is 0 Å². The molecule has 0 aliphatic carbocycles. The fourth-order valence-corrected chi connectivity index (χ4v) is 1.82. The first-order valence-electron chi connectivity index (χ1n) is 3.97. The number of hydrogen-bond acceptors (Lipinski definition) is 3. The standard InChI is InChI=1S/C6H14NO4P/c1-6-3-2-4-7(5-6)11-12(8,9)10/h6H,2-5H2,1H3,(H2,8,9,10). The van der Waals surface area contributed by atoms with E-state index in [1.54, 1.807) is 0 Å². The van der Waals surface area contributed by atoms with Crippen LogP contribution in [0.25, 0.3) is 0 Å². The maximum Gasteiger partial charge on any atom is 0.486 e. The Morgan fingerprint density at radius 3 is 2.75 bits per heavy atom. The molecule has 0 bridgehead atoms. The van der Waals surface area contributed by atoms with Crippen molar-refractivity contribution in [1.82, 2.24) is 5.06 Å². The molecule has 1 rings (SSSR count). The van der Waals surface area contributed by atoms with Crippen molar-refractivity contribution >= 4 is 7.82 Å². The van der Waals surface area contributed by atoms with E-state index in [1.807, 2.05) is 6.92 Å². The molecule has 1 fully saturated rings. The van der Waals surface area contributed by atoms with E-state index in [2.05, 4.69) is 4.62 Å². The predicted molar refractivity (Wildman–Crippen MR) is 43.1 cm³/mol. The van der Waals surface area contributed by atoms with Crippen LogP contribution in [0.3, 0.4) is 0 Å². The van der Waals surface area contributed by atoms with Crippen LogP contribution in [0.15, 0.2) is 0 Å². The average molecular weight is 195 g/mol. The summed E-state index contributed by atoms with van der Waals surface area (Å²) in [5.41, 5.74) is 0. The largest absolute Gasteiger partial charge is 0.486 e. The van der Waals surface area contributed by atoms with Crippen molar-refractivity contribution in [2.75, 3.05) is 13.1 Å². The lowest BCUT2D eigenvalue weighted by Crippen LogP contribution is -2.33. The number of hydroxylamine groups is 2. The number of piperidine rings is 1. The summed E-state index contributed by atoms with van der Waals surface area (Å²) < 4.78 is 14.9. The van der Waals surface area contributed by atoms with E-state index >= 15 is 0 Å². The molecule has 6 heteroatoms. The van der Waals surface area contributed by atoms with Gasteiger partial charge in [0.2, 0.25) is 0 Å². The fourth-order valence-electron chi connectivity index (χ4n) is 1.37. The van der Waals surface area contributed by atoms with Gasteiger partial charge in [-0.1, -0.05) is 6.92 Å². The first-order valence-corrected chi connectivity index (χ1v) is 5.50. The summed E-state index contributed by atoms with van der Waals surface area (Å²) in [6, 6.07) is 0. The highest BCUT2D eigenvalue weighted by Crippen LogP contribution is 2.38. The van der Waals surface area contributed by atoms with Gasteiger partial charge in [-0.2, -0.15) is 9.69 Å². The van der Waals surface area contributed by atoms with Crippen molar-refractivity contribution in [2.24, 2.45) is 5.92 Å². The minimum Gasteiger partial charge on any atom is -0.302 e. The van der Waals surface area contributed by atoms with Gasteiger partial charge in [-0.05, 0) is 18.8 Å². The zero-order valence-electron chi connectivity index (χ0n) is 7.01. The Morgan fingerprint density at radius 2 is 2.25 bits per heavy atom. The lowest BCUT2D eigenvalue weighted by molar-refractivity contribution is -0.104. The molecule has 1 aliphatic rings. The van der Waals surface area contributed by atoms with Gasteiger partial charge in [0.05, 0.1) is 0 Å². The molecule has 0 radical (unpaired) electrons. The van der Waals surface area contributed by atoms with E-state index in [0.717, 1.165) is 12.8 Å². The summed E-state index contributed by atoms with van der Waals surface area (Å²) in [4.78, 5) is 17.0. The van der Waals surface area contributed by atoms with Crippen molar-refractivity contribution in [3.8, 4) is 0 Å². The van der Waals surface area contributed by atoms with Gasteiger partial charge in [0.15, 0.2) is 0 Å². The highest BCUT2D eigenvalue weighted by molar-refractivity contribution is 7.46. The zero-order valence-corrected chi connectivity index (χ0v) is 7.91. The second-order valence-electron chi connectivity index (χ2n) is 3.21. The maximum absolute atomic E-state index is 10.4. The van der Waals surface area contributed by atoms with Gasteiger partial charge < -0.3 is 9.79 Å². The quantitative estimate of drug-likeness (QED) is 0.636. The van der Waals surface area contributed by atoms with Crippen LogP contribution in [0.4, 0.5) is 0 Å². The smallest absolute Gasteiger partial charge is 0.302 e. The molecule has 0 aromatic heterocycles. The van der Waals surface area contributed by atoms with Gasteiger partial charge in [-0.15, -0.1) is 0 Å². The normalized spacial score (nSPS) is 27.4. The highest BCUT2D eigenvalue weighted by atomic mass is 31.2. The fraction of sp³-hybridized carbons (Fsp3) is 1.00. The lowest BCUT2D eigenvalue weighted by atomic mass is 10.0. The Morgan fingerprint density at radius 1 is 1.58 bits per heavy atom. The summed E-state index contributed by atoms with van der Waals surface area (Å²) in [5, 5.41) is 1.36. The maximum atomic E-state index is 10.4. The third kappa shape index (κ3) is 3.65. The monoisotopic (exact) mass is 195 g/mol. The van der Waals surface area contributed by atoms with Gasteiger partial charge in [0.25, 0.3) is 0 Å². The van der Waals surface area contributed by atoms with E-state index in [9.17, 15) is 4.57 Å². The number of phosphoric acid groups is 1. The molecule has 5 nitrogen and oxygen atoms in total. The Kier molecular flexibility index (Phi) is 3.26. The van der Waals surface area contributed by atoms with Gasteiger partial charge >= 0.3 is 7.82 Å². The minimum absolute atomic E-state index is 0.449. The van der Waals surface area contributed by atoms with Crippen LogP contribution in [-0.2, 0) is 9.19 Å². The van der Waals surface area contributed by atoms with E-state index < -0.39 is 7.82 Å². The van der Waals surface area contributed by atoms with Gasteiger partial charge in [-0.3, -0.25) is 0 Å². The Hall–Kier alpha value is 0.0700. The molecule has 0 aromatic rings. The summed E-state index contributed by atoms with van der Waals surface area (Å²) >= 11 is 0. The second-order valence-corrected chi connectivity index (χ2v) is 4.35. The zero-order chi connectivity index (χ0) is 9.19. The molecular formula is C6H14NO4P. The van der Waals surface area contributed by atoms with Crippen molar-refractivity contribution in [2.45, 2.75) is 19.8 Å². The molecule has 1 unspecified atom stereocenters. The molecule has 2 N–H and O–H groups in total. The van der Waals surface area contributed by atoms with E-state index in [1.165, 1.54) is 5.06 Å². The molecule has 1 atom stereocenters. The number of hydrogen-bond donors (Lipinski definition) is 2. The Balaban J connectivity index is 2.37. The van der Waals surface area contributed by atoms with Crippen LogP contribution >= 0.6 is 7.82 Å². The molecule has 0 amide bonds. The molecule has 0 aromatic carbocycles. The van der Waals surface area contributed by atoms with Crippen molar-refractivity contribution in [1.29, 1.82) is 0 Å². The second kappa shape index (κ2) is 3.85. The molecule has 1 saturated heterocycles. The van der Waals surface area contributed by atoms with E-state index in [4.69, 9.17) is 9.79 Å². The molecule has 72 valence electrons. The average Bonchev–Trinajstić information content (AvgIpc) is 1.82. The third-order valence-corrected chi connectivity index (χ3v) is 2.29. The minimum atomic E-state index is -4.33. The van der Waals surface area contributed by atoms with Crippen LogP contribution in [0.5, 0.6) is 0 Å². The van der Waals surface area contributed by atoms with E-state index in [-0.39, 0.29) is 0 Å². The first-order chi connectivity index (χ1) is 5.47. The van der Waals surface area contributed by atoms with Crippen LogP contribution in [0.2, 0.25) is 0 Å². The molecule has 12 heavy (non-hydrogen) atoms. The molecule has 1 aliphatic heterocycles. The van der Waals surface area contributed by atoms with Crippen molar-refractivity contribution in [3.05, 3.63) is 0 Å². The van der Waals surface area contributed by atoms with Gasteiger partial charge in [-0.25, -0.2) is 4.57 Å². The molecule has 1 heterocycles. The van der Waals surface area contributed by atoms with Crippen LogP contribution in [0.1, 0.15) is 19.8 Å². The lowest BCUT2D eigenvalue weighted by Gasteiger charge is -2.29. The SMILES string of the molecule is CC1CCCN(OP(=O)(O)O)C1. The first kappa shape index (κ1) is 10.2. The van der Waals surface area contributed by atoms with Gasteiger partial charge in [0.1, 0.15) is 0 Å². The van der Waals surface area contributed by atoms with Gasteiger partial charge in [0, 0.05) is 13.1 Å². The molecular weight excluding hydrogens is 181 g/mol. The van der Waals surface area contributed by atoms with Crippen LogP contribution in [-0.4, -0.2) is 27.9 Å². The van der Waals surface area contributed by atoms with E-state index in [0.29, 0.717) is 19.0 Å². The van der Waals surface area contributed by atoms with Crippen molar-refractivity contribution in [3.63, 3.8) is 0 Å². The summed E-state index contributed by atoms with van der Waals surface area (Å²) in [6.07, 6.45) is 2.03. The van der Waals surface area contributed by atoms with Crippen molar-refractivity contribution < 1.29 is 19.0 Å². The topological polar surface area (TPSA) is 70.0 Å². The summed E-state index contributed by atoms with van der Waals surface area (Å²) in [6.45, 7) is 3.25. The molecule has 0 spiro atoms. The molecule has 0 saturated carbocycles. The highest BCUT2D eigenvalue weighted by Gasteiger charge is 2.24. The Bertz CT molecular complexity index is 192. The predicted octanol–water partition coefficient (Wildman–Crippen LogP) is 0.743. The number of rotatable bonds is 2.